The zero-order chi connectivity index (χ0) is 37.3. The maximum atomic E-state index is 14.1. The van der Waals surface area contributed by atoms with Gasteiger partial charge in [0, 0.05) is 73.4 Å². The Morgan fingerprint density at radius 1 is 0.962 bits per heavy atom. The maximum absolute atomic E-state index is 14.1. The first-order valence-electron chi connectivity index (χ1n) is 18.2. The summed E-state index contributed by atoms with van der Waals surface area (Å²) < 4.78 is 8.26. The number of nitrogens with zero attached hydrogens (tertiary/aromatic N) is 4. The van der Waals surface area contributed by atoms with Crippen LogP contribution in [-0.4, -0.2) is 106 Å². The monoisotopic (exact) mass is 753 g/mol. The molecule has 3 amide bonds. The highest BCUT2D eigenvalue weighted by Gasteiger charge is 2.40. The second-order valence-electron chi connectivity index (χ2n) is 15.5. The highest BCUT2D eigenvalue weighted by Crippen LogP contribution is 2.33. The number of likely N-dealkylation sites (tertiary alicyclic amines) is 1. The lowest BCUT2D eigenvalue weighted by Crippen LogP contribution is -2.54. The quantitative estimate of drug-likeness (QED) is 0.271. The van der Waals surface area contributed by atoms with E-state index in [0.717, 1.165) is 30.4 Å². The molecule has 11 nitrogen and oxygen atoms in total. The number of aromatic nitrogens is 1. The first-order valence-corrected chi connectivity index (χ1v) is 19.0. The van der Waals surface area contributed by atoms with Crippen molar-refractivity contribution >= 4 is 63.5 Å². The number of benzene rings is 2. The molecule has 2 aromatic carbocycles. The summed E-state index contributed by atoms with van der Waals surface area (Å²) >= 11 is 13.4. The molecule has 13 heteroatoms. The lowest BCUT2D eigenvalue weighted by Gasteiger charge is -2.40. The molecule has 0 spiro atoms. The lowest BCUT2D eigenvalue weighted by atomic mass is 9.87. The SMILES string of the molecule is Cn1cc(C(=O)Nc2cc(Cl)c(CC(=O)N3C[C@@H](N4CCN(C(=O)C(C)(C)C)CC4)C[C@H]3COC3CCC(C(=O)O)CC3)cc2Cl)c2ccccc21. The van der Waals surface area contributed by atoms with Crippen LogP contribution in [-0.2, 0) is 32.6 Å². The average molecular weight is 755 g/mol. The van der Waals surface area contributed by atoms with Gasteiger partial charge in [-0.25, -0.2) is 0 Å². The van der Waals surface area contributed by atoms with Gasteiger partial charge in [-0.05, 0) is 55.9 Å². The smallest absolute Gasteiger partial charge is 0.306 e. The summed E-state index contributed by atoms with van der Waals surface area (Å²) in [5, 5.41) is 13.7. The molecular weight excluding hydrogens is 705 g/mol. The first-order chi connectivity index (χ1) is 24.7. The Morgan fingerprint density at radius 2 is 1.65 bits per heavy atom. The number of anilines is 1. The Bertz CT molecular complexity index is 1820. The predicted octanol–water partition coefficient (Wildman–Crippen LogP) is 6.10. The Hall–Kier alpha value is -3.64. The van der Waals surface area contributed by atoms with Gasteiger partial charge in [-0.1, -0.05) is 62.2 Å². The summed E-state index contributed by atoms with van der Waals surface area (Å²) in [7, 11) is 1.89. The molecule has 2 aliphatic heterocycles. The second kappa shape index (κ2) is 15.8. The molecule has 0 unspecified atom stereocenters. The average Bonchev–Trinajstić information content (AvgIpc) is 3.70. The Kier molecular flexibility index (Phi) is 11.5. The van der Waals surface area contributed by atoms with Gasteiger partial charge in [0.1, 0.15) is 0 Å². The minimum atomic E-state index is -0.753. The normalized spacial score (nSPS) is 22.9. The number of halogens is 2. The van der Waals surface area contributed by atoms with Gasteiger partial charge < -0.3 is 29.5 Å². The molecule has 1 saturated carbocycles. The Labute approximate surface area is 315 Å². The molecule has 52 heavy (non-hydrogen) atoms. The number of piperazine rings is 1. The summed E-state index contributed by atoms with van der Waals surface area (Å²) in [5.41, 5.74) is 1.93. The van der Waals surface area contributed by atoms with Crippen molar-refractivity contribution in [2.75, 3.05) is 44.6 Å². The predicted molar refractivity (Wildman–Crippen MR) is 202 cm³/mol. The van der Waals surface area contributed by atoms with Crippen LogP contribution in [0, 0.1) is 11.3 Å². The number of carboxylic acid groups (broad SMARTS) is 1. The van der Waals surface area contributed by atoms with Crippen LogP contribution in [0.25, 0.3) is 10.9 Å². The number of carbonyl (C=O) groups is 4. The van der Waals surface area contributed by atoms with Crippen LogP contribution in [0.5, 0.6) is 0 Å². The molecular formula is C39H49Cl2N5O6. The van der Waals surface area contributed by atoms with Crippen molar-refractivity contribution in [3.8, 4) is 0 Å². The van der Waals surface area contributed by atoms with E-state index in [0.29, 0.717) is 73.8 Å². The second-order valence-corrected chi connectivity index (χ2v) is 16.4. The molecule has 6 rings (SSSR count). The largest absolute Gasteiger partial charge is 0.481 e. The molecule has 1 aromatic heterocycles. The summed E-state index contributed by atoms with van der Waals surface area (Å²) in [6.45, 7) is 9.46. The molecule has 2 atom stereocenters. The van der Waals surface area contributed by atoms with Crippen LogP contribution < -0.4 is 5.32 Å². The van der Waals surface area contributed by atoms with Crippen molar-refractivity contribution in [2.45, 2.75) is 77.5 Å². The zero-order valence-corrected chi connectivity index (χ0v) is 31.9. The van der Waals surface area contributed by atoms with Gasteiger partial charge >= 0.3 is 5.97 Å². The molecule has 2 N–H and O–H groups in total. The number of amides is 3. The van der Waals surface area contributed by atoms with Crippen molar-refractivity contribution in [3.63, 3.8) is 0 Å². The minimum absolute atomic E-state index is 0.0247. The summed E-state index contributed by atoms with van der Waals surface area (Å²) in [5.74, 6) is -1.35. The molecule has 0 bridgehead atoms. The molecule has 1 aliphatic carbocycles. The number of aliphatic carboxylic acids is 1. The fourth-order valence-corrected chi connectivity index (χ4v) is 8.37. The summed E-state index contributed by atoms with van der Waals surface area (Å²) in [6.07, 6.45) is 5.04. The third kappa shape index (κ3) is 8.43. The van der Waals surface area contributed by atoms with E-state index >= 15 is 0 Å². The van der Waals surface area contributed by atoms with Crippen LogP contribution in [0.3, 0.4) is 0 Å². The standard InChI is InChI=1S/C39H49Cl2N5O6/c1-39(2,3)38(51)45-15-13-44(14-16-45)26-19-27(23-52-28-11-9-24(10-12-28)37(49)50)46(21-26)35(47)18-25-17-32(41)33(20-31(25)40)42-36(48)30-22-43(4)34-8-6-5-7-29(30)34/h5-8,17,20,22,24,26-28H,9-16,18-19,21,23H2,1-4H3,(H,42,48)(H,49,50)/t24?,26-,27-,28?/m0/s1. The van der Waals surface area contributed by atoms with Crippen LogP contribution in [0.15, 0.2) is 42.6 Å². The number of hydrogen-bond acceptors (Lipinski definition) is 6. The molecule has 3 aromatic rings. The number of nitrogens with one attached hydrogen (secondary N) is 1. The molecule has 2 saturated heterocycles. The van der Waals surface area contributed by atoms with Gasteiger partial charge in [0.25, 0.3) is 5.91 Å². The molecule has 3 fully saturated rings. The molecule has 280 valence electrons. The van der Waals surface area contributed by atoms with Crippen molar-refractivity contribution < 1.29 is 29.0 Å². The number of hydrogen-bond donors (Lipinski definition) is 2. The number of para-hydroxylation sites is 1. The summed E-state index contributed by atoms with van der Waals surface area (Å²) in [6, 6.07) is 10.8. The van der Waals surface area contributed by atoms with E-state index in [4.69, 9.17) is 27.9 Å². The lowest BCUT2D eigenvalue weighted by molar-refractivity contribution is -0.144. The van der Waals surface area contributed by atoms with Crippen LogP contribution in [0.2, 0.25) is 10.0 Å². The third-order valence-electron chi connectivity index (χ3n) is 10.9. The van der Waals surface area contributed by atoms with E-state index in [1.807, 2.05) is 66.5 Å². The first kappa shape index (κ1) is 38.1. The molecule has 3 heterocycles. The van der Waals surface area contributed by atoms with Gasteiger partial charge in [0.15, 0.2) is 0 Å². The van der Waals surface area contributed by atoms with Gasteiger partial charge in [0.05, 0.1) is 47.4 Å². The Morgan fingerprint density at radius 3 is 2.33 bits per heavy atom. The topological polar surface area (TPSA) is 124 Å². The van der Waals surface area contributed by atoms with Gasteiger partial charge in [-0.3, -0.25) is 24.1 Å². The summed E-state index contributed by atoms with van der Waals surface area (Å²) in [4.78, 5) is 57.9. The molecule has 3 aliphatic rings. The van der Waals surface area contributed by atoms with E-state index in [9.17, 15) is 24.3 Å². The fourth-order valence-electron chi connectivity index (χ4n) is 7.90. The van der Waals surface area contributed by atoms with Crippen LogP contribution in [0.1, 0.15) is 68.8 Å². The van der Waals surface area contributed by atoms with Crippen LogP contribution >= 0.6 is 23.2 Å². The number of carboxylic acids is 1. The van der Waals surface area contributed by atoms with Gasteiger partial charge in [-0.15, -0.1) is 0 Å². The van der Waals surface area contributed by atoms with E-state index in [-0.39, 0.29) is 53.3 Å². The van der Waals surface area contributed by atoms with Crippen molar-refractivity contribution in [3.05, 3.63) is 63.8 Å². The van der Waals surface area contributed by atoms with Crippen molar-refractivity contribution in [1.29, 1.82) is 0 Å². The highest BCUT2D eigenvalue weighted by molar-refractivity contribution is 6.36. The number of rotatable bonds is 9. The third-order valence-corrected chi connectivity index (χ3v) is 11.6. The van der Waals surface area contributed by atoms with Crippen molar-refractivity contribution in [1.82, 2.24) is 19.3 Å². The van der Waals surface area contributed by atoms with Gasteiger partial charge in [0.2, 0.25) is 11.8 Å². The fraction of sp³-hybridized carbons (Fsp3) is 0.538. The van der Waals surface area contributed by atoms with Crippen LogP contribution in [0.4, 0.5) is 5.69 Å². The number of aryl methyl sites for hydroxylation is 1. The number of carbonyl (C=O) groups excluding carboxylic acids is 3. The van der Waals surface area contributed by atoms with Crippen molar-refractivity contribution in [2.24, 2.45) is 18.4 Å². The maximum Gasteiger partial charge on any atom is 0.306 e. The van der Waals surface area contributed by atoms with E-state index in [2.05, 4.69) is 10.2 Å². The molecule has 0 radical (unpaired) electrons. The van der Waals surface area contributed by atoms with E-state index in [1.54, 1.807) is 18.3 Å². The van der Waals surface area contributed by atoms with E-state index in [1.165, 1.54) is 0 Å². The van der Waals surface area contributed by atoms with E-state index < -0.39 is 11.4 Å². The number of fused-ring (bicyclic) bond motifs is 1. The minimum Gasteiger partial charge on any atom is -0.481 e. The number of ether oxygens (including phenoxy) is 1. The Balaban J connectivity index is 1.13. The highest BCUT2D eigenvalue weighted by atomic mass is 35.5. The van der Waals surface area contributed by atoms with Gasteiger partial charge in [-0.2, -0.15) is 0 Å². The zero-order valence-electron chi connectivity index (χ0n) is 30.4.